The summed E-state index contributed by atoms with van der Waals surface area (Å²) in [5.41, 5.74) is 0.307. The van der Waals surface area contributed by atoms with Crippen molar-refractivity contribution in [2.24, 2.45) is 11.8 Å². The van der Waals surface area contributed by atoms with E-state index in [1.807, 2.05) is 4.90 Å². The van der Waals surface area contributed by atoms with Gasteiger partial charge in [0.15, 0.2) is 5.69 Å². The number of nitrogens with one attached hydrogen (secondary N) is 2. The van der Waals surface area contributed by atoms with E-state index in [1.54, 1.807) is 0 Å². The minimum atomic E-state index is -0.519. The molecule has 0 unspecified atom stereocenters. The molecule has 21 heavy (non-hydrogen) atoms. The number of aromatic nitrogens is 1. The summed E-state index contributed by atoms with van der Waals surface area (Å²) < 4.78 is 0. The van der Waals surface area contributed by atoms with Crippen molar-refractivity contribution in [1.29, 1.82) is 0 Å². The Balaban J connectivity index is 0.00000161. The molecule has 0 radical (unpaired) electrons. The number of hydrogen-bond acceptors (Lipinski definition) is 4. The molecule has 3 heterocycles. The fraction of sp³-hybridized carbons (Fsp3) is 0.615. The molecule has 2 aliphatic rings. The lowest BCUT2D eigenvalue weighted by Gasteiger charge is -2.19. The molecule has 1 aromatic heterocycles. The van der Waals surface area contributed by atoms with Gasteiger partial charge >= 0.3 is 5.82 Å². The number of carbonyl (C=O) groups excluding carboxylic acids is 1. The Morgan fingerprint density at radius 3 is 2.38 bits per heavy atom. The quantitative estimate of drug-likeness (QED) is 0.638. The van der Waals surface area contributed by atoms with Gasteiger partial charge in [-0.2, -0.15) is 0 Å². The van der Waals surface area contributed by atoms with Gasteiger partial charge in [0, 0.05) is 19.2 Å². The van der Waals surface area contributed by atoms with Gasteiger partial charge in [0.1, 0.15) is 0 Å². The summed E-state index contributed by atoms with van der Waals surface area (Å²) in [6.45, 7) is 3.55. The predicted molar refractivity (Wildman–Crippen MR) is 79.7 cm³/mol. The average molecular weight is 315 g/mol. The minimum absolute atomic E-state index is 0. The molecule has 2 atom stereocenters. The minimum Gasteiger partial charge on any atom is -0.358 e. The Labute approximate surface area is 128 Å². The number of aromatic amines is 1. The van der Waals surface area contributed by atoms with Gasteiger partial charge in [0.25, 0.3) is 5.91 Å². The summed E-state index contributed by atoms with van der Waals surface area (Å²) in [6.07, 6.45) is 2.01. The largest absolute Gasteiger partial charge is 0.358 e. The Kier molecular flexibility index (Phi) is 4.84. The smallest absolute Gasteiger partial charge is 0.321 e. The van der Waals surface area contributed by atoms with E-state index >= 15 is 0 Å². The van der Waals surface area contributed by atoms with Crippen molar-refractivity contribution < 1.29 is 9.72 Å². The van der Waals surface area contributed by atoms with Crippen molar-refractivity contribution in [2.75, 3.05) is 26.2 Å². The number of rotatable bonds is 2. The van der Waals surface area contributed by atoms with Gasteiger partial charge in [-0.15, -0.1) is 12.4 Å². The molecule has 3 rings (SSSR count). The van der Waals surface area contributed by atoms with Gasteiger partial charge in [-0.3, -0.25) is 4.79 Å². The standard InChI is InChI=1S/C13H18N4O3.ClH/c18-13(11-1-2-12(15-11)17(19)20)16-5-3-9-7-14-8-10(9)4-6-16;/h1-2,9-10,14-15H,3-8H2;1H/t9-,10+;. The van der Waals surface area contributed by atoms with E-state index in [4.69, 9.17) is 0 Å². The molecule has 2 saturated heterocycles. The Morgan fingerprint density at radius 1 is 1.24 bits per heavy atom. The first-order valence-electron chi connectivity index (χ1n) is 6.98. The number of likely N-dealkylation sites (tertiary alicyclic amines) is 1. The van der Waals surface area contributed by atoms with E-state index in [9.17, 15) is 14.9 Å². The second-order valence-corrected chi connectivity index (χ2v) is 5.56. The maximum Gasteiger partial charge on any atom is 0.321 e. The summed E-state index contributed by atoms with van der Waals surface area (Å²) in [5.74, 6) is 1.05. The first-order chi connectivity index (χ1) is 9.65. The van der Waals surface area contributed by atoms with Crippen LogP contribution in [0, 0.1) is 22.0 Å². The number of H-pyrrole nitrogens is 1. The molecule has 7 nitrogen and oxygen atoms in total. The molecular weight excluding hydrogens is 296 g/mol. The number of fused-ring (bicyclic) bond motifs is 1. The monoisotopic (exact) mass is 314 g/mol. The van der Waals surface area contributed by atoms with Gasteiger partial charge in [-0.05, 0) is 48.8 Å². The molecule has 0 bridgehead atoms. The molecule has 2 fully saturated rings. The van der Waals surface area contributed by atoms with Gasteiger partial charge < -0.3 is 20.3 Å². The Hall–Kier alpha value is -1.60. The molecule has 0 spiro atoms. The second kappa shape index (κ2) is 6.44. The predicted octanol–water partition coefficient (Wildman–Crippen LogP) is 1.42. The number of amides is 1. The third-order valence-corrected chi connectivity index (χ3v) is 4.40. The van der Waals surface area contributed by atoms with Gasteiger partial charge in [-0.1, -0.05) is 0 Å². The summed E-state index contributed by atoms with van der Waals surface area (Å²) >= 11 is 0. The number of nitrogens with zero attached hydrogens (tertiary/aromatic N) is 2. The van der Waals surface area contributed by atoms with Crippen LogP contribution in [-0.2, 0) is 0 Å². The zero-order valence-corrected chi connectivity index (χ0v) is 12.4. The van der Waals surface area contributed by atoms with E-state index in [2.05, 4.69) is 10.3 Å². The van der Waals surface area contributed by atoms with E-state index in [0.717, 1.165) is 39.0 Å². The summed E-state index contributed by atoms with van der Waals surface area (Å²) in [6, 6.07) is 2.83. The average Bonchev–Trinajstić information content (AvgIpc) is 3.04. The molecule has 2 N–H and O–H groups in total. The maximum atomic E-state index is 12.4. The van der Waals surface area contributed by atoms with Crippen molar-refractivity contribution in [3.05, 3.63) is 27.9 Å². The number of halogens is 1. The van der Waals surface area contributed by atoms with Crippen LogP contribution in [0.2, 0.25) is 0 Å². The van der Waals surface area contributed by atoms with Crippen molar-refractivity contribution in [2.45, 2.75) is 12.8 Å². The zero-order chi connectivity index (χ0) is 14.1. The fourth-order valence-corrected chi connectivity index (χ4v) is 3.21. The van der Waals surface area contributed by atoms with Crippen LogP contribution in [-0.4, -0.2) is 46.9 Å². The maximum absolute atomic E-state index is 12.4. The van der Waals surface area contributed by atoms with Gasteiger partial charge in [-0.25, -0.2) is 4.98 Å². The Morgan fingerprint density at radius 2 is 1.86 bits per heavy atom. The normalized spacial score (nSPS) is 24.9. The summed E-state index contributed by atoms with van der Waals surface area (Å²) in [5, 5.41) is 14.0. The molecule has 2 aliphatic heterocycles. The van der Waals surface area contributed by atoms with E-state index < -0.39 is 4.92 Å². The zero-order valence-electron chi connectivity index (χ0n) is 11.6. The highest BCUT2D eigenvalue weighted by Crippen LogP contribution is 2.27. The topological polar surface area (TPSA) is 91.3 Å². The van der Waals surface area contributed by atoms with Crippen molar-refractivity contribution in [3.63, 3.8) is 0 Å². The van der Waals surface area contributed by atoms with Crippen molar-refractivity contribution in [3.8, 4) is 0 Å². The van der Waals surface area contributed by atoms with E-state index in [0.29, 0.717) is 17.5 Å². The van der Waals surface area contributed by atoms with E-state index in [1.165, 1.54) is 12.1 Å². The van der Waals surface area contributed by atoms with Crippen LogP contribution < -0.4 is 5.32 Å². The van der Waals surface area contributed by atoms with Crippen LogP contribution in [0.4, 0.5) is 5.82 Å². The van der Waals surface area contributed by atoms with Crippen LogP contribution >= 0.6 is 12.4 Å². The first-order valence-corrected chi connectivity index (χ1v) is 6.98. The van der Waals surface area contributed by atoms with Crippen LogP contribution in [0.3, 0.4) is 0 Å². The molecule has 0 saturated carbocycles. The molecule has 1 amide bonds. The first kappa shape index (κ1) is 15.8. The highest BCUT2D eigenvalue weighted by Gasteiger charge is 2.32. The second-order valence-electron chi connectivity index (χ2n) is 5.56. The third kappa shape index (κ3) is 3.19. The molecule has 0 aliphatic carbocycles. The van der Waals surface area contributed by atoms with Crippen LogP contribution in [0.1, 0.15) is 23.3 Å². The van der Waals surface area contributed by atoms with Crippen LogP contribution in [0.15, 0.2) is 12.1 Å². The van der Waals surface area contributed by atoms with Crippen LogP contribution in [0.25, 0.3) is 0 Å². The molecule has 8 heteroatoms. The number of carbonyl (C=O) groups is 1. The molecule has 1 aromatic rings. The van der Waals surface area contributed by atoms with Gasteiger partial charge in [0.2, 0.25) is 0 Å². The summed E-state index contributed by atoms with van der Waals surface area (Å²) in [7, 11) is 0. The number of hydrogen-bond donors (Lipinski definition) is 2. The summed E-state index contributed by atoms with van der Waals surface area (Å²) in [4.78, 5) is 26.9. The third-order valence-electron chi connectivity index (χ3n) is 4.40. The lowest BCUT2D eigenvalue weighted by atomic mass is 9.92. The van der Waals surface area contributed by atoms with Crippen molar-refractivity contribution >= 4 is 24.1 Å². The van der Waals surface area contributed by atoms with Gasteiger partial charge in [0.05, 0.1) is 0 Å². The highest BCUT2D eigenvalue weighted by molar-refractivity contribution is 5.92. The lowest BCUT2D eigenvalue weighted by Crippen LogP contribution is -2.33. The molecule has 116 valence electrons. The Bertz CT molecular complexity index is 519. The lowest BCUT2D eigenvalue weighted by molar-refractivity contribution is -0.389. The molecule has 0 aromatic carbocycles. The van der Waals surface area contributed by atoms with E-state index in [-0.39, 0.29) is 24.1 Å². The number of nitro groups is 1. The fourth-order valence-electron chi connectivity index (χ4n) is 3.21. The van der Waals surface area contributed by atoms with Crippen molar-refractivity contribution in [1.82, 2.24) is 15.2 Å². The van der Waals surface area contributed by atoms with Crippen LogP contribution in [0.5, 0.6) is 0 Å². The highest BCUT2D eigenvalue weighted by atomic mass is 35.5. The SMILES string of the molecule is Cl.O=C(c1ccc([N+](=O)[O-])[nH]1)N1CC[C@@H]2CNC[C@@H]2CC1. The molecular formula is C13H19ClN4O3.